The minimum absolute atomic E-state index is 0.211. The predicted octanol–water partition coefficient (Wildman–Crippen LogP) is 1.97. The van der Waals surface area contributed by atoms with Gasteiger partial charge in [0, 0.05) is 30.6 Å². The lowest BCUT2D eigenvalue weighted by molar-refractivity contribution is 0.190. The van der Waals surface area contributed by atoms with Gasteiger partial charge in [-0.15, -0.1) is 0 Å². The fourth-order valence-electron chi connectivity index (χ4n) is 1.78. The standard InChI is InChI=1S/C10H18N2S/c1-3-10(8-11)9(2)12-4-6-13-7-5-12/h9-10H,3-7H2,1-2H3. The van der Waals surface area contributed by atoms with Crippen molar-refractivity contribution in [1.82, 2.24) is 4.90 Å². The van der Waals surface area contributed by atoms with Gasteiger partial charge in [0.05, 0.1) is 12.0 Å². The number of nitriles is 1. The van der Waals surface area contributed by atoms with E-state index in [-0.39, 0.29) is 5.92 Å². The van der Waals surface area contributed by atoms with Crippen LogP contribution in [0, 0.1) is 17.2 Å². The smallest absolute Gasteiger partial charge is 0.0672 e. The molecule has 1 aliphatic heterocycles. The lowest BCUT2D eigenvalue weighted by atomic mass is 9.99. The molecule has 0 aromatic rings. The van der Waals surface area contributed by atoms with Crippen LogP contribution in [0.3, 0.4) is 0 Å². The van der Waals surface area contributed by atoms with Crippen molar-refractivity contribution >= 4 is 11.8 Å². The summed E-state index contributed by atoms with van der Waals surface area (Å²) < 4.78 is 0. The van der Waals surface area contributed by atoms with Crippen molar-refractivity contribution in [2.75, 3.05) is 24.6 Å². The normalized spacial score (nSPS) is 23.5. The highest BCUT2D eigenvalue weighted by atomic mass is 32.2. The average Bonchev–Trinajstić information content (AvgIpc) is 2.21. The van der Waals surface area contributed by atoms with Crippen LogP contribution in [-0.2, 0) is 0 Å². The molecule has 74 valence electrons. The molecule has 0 aliphatic carbocycles. The SMILES string of the molecule is CCC(C#N)C(C)N1CCSCC1. The van der Waals surface area contributed by atoms with Crippen LogP contribution in [0.15, 0.2) is 0 Å². The number of rotatable bonds is 3. The van der Waals surface area contributed by atoms with Crippen LogP contribution in [-0.4, -0.2) is 35.5 Å². The molecule has 13 heavy (non-hydrogen) atoms. The molecule has 2 unspecified atom stereocenters. The summed E-state index contributed by atoms with van der Waals surface area (Å²) in [7, 11) is 0. The fourth-order valence-corrected chi connectivity index (χ4v) is 2.71. The second kappa shape index (κ2) is 5.51. The molecule has 0 N–H and O–H groups in total. The third-order valence-corrected chi connectivity index (χ3v) is 3.75. The van der Waals surface area contributed by atoms with Crippen molar-refractivity contribution in [2.45, 2.75) is 26.3 Å². The molecule has 0 aromatic heterocycles. The molecule has 0 aromatic carbocycles. The van der Waals surface area contributed by atoms with E-state index in [0.29, 0.717) is 6.04 Å². The molecule has 1 fully saturated rings. The Bertz CT molecular complexity index is 182. The average molecular weight is 198 g/mol. The van der Waals surface area contributed by atoms with Gasteiger partial charge < -0.3 is 0 Å². The minimum Gasteiger partial charge on any atom is -0.298 e. The third-order valence-electron chi connectivity index (χ3n) is 2.81. The van der Waals surface area contributed by atoms with Crippen LogP contribution in [0.4, 0.5) is 0 Å². The fraction of sp³-hybridized carbons (Fsp3) is 0.900. The summed E-state index contributed by atoms with van der Waals surface area (Å²) in [6.45, 7) is 6.60. The molecule has 0 saturated carbocycles. The molecule has 2 nitrogen and oxygen atoms in total. The number of nitrogens with zero attached hydrogens (tertiary/aromatic N) is 2. The summed E-state index contributed by atoms with van der Waals surface area (Å²) in [6, 6.07) is 2.84. The second-order valence-corrected chi connectivity index (χ2v) is 4.76. The van der Waals surface area contributed by atoms with Crippen molar-refractivity contribution in [2.24, 2.45) is 5.92 Å². The minimum atomic E-state index is 0.211. The zero-order valence-corrected chi connectivity index (χ0v) is 9.31. The van der Waals surface area contributed by atoms with Gasteiger partial charge in [-0.2, -0.15) is 17.0 Å². The van der Waals surface area contributed by atoms with Crippen molar-refractivity contribution in [3.8, 4) is 6.07 Å². The van der Waals surface area contributed by atoms with E-state index < -0.39 is 0 Å². The quantitative estimate of drug-likeness (QED) is 0.694. The summed E-state index contributed by atoms with van der Waals surface area (Å²) in [4.78, 5) is 2.45. The highest BCUT2D eigenvalue weighted by Gasteiger charge is 2.23. The first-order valence-electron chi connectivity index (χ1n) is 5.01. The Hall–Kier alpha value is -0.200. The van der Waals surface area contributed by atoms with Crippen molar-refractivity contribution in [1.29, 1.82) is 5.26 Å². The van der Waals surface area contributed by atoms with Crippen molar-refractivity contribution in [3.63, 3.8) is 0 Å². The van der Waals surface area contributed by atoms with Crippen molar-refractivity contribution < 1.29 is 0 Å². The van der Waals surface area contributed by atoms with Gasteiger partial charge in [-0.25, -0.2) is 0 Å². The molecule has 2 atom stereocenters. The lowest BCUT2D eigenvalue weighted by Crippen LogP contribution is -2.43. The number of thioether (sulfide) groups is 1. The Morgan fingerprint density at radius 2 is 2.08 bits per heavy atom. The molecule has 1 heterocycles. The Kier molecular flexibility index (Phi) is 4.61. The van der Waals surface area contributed by atoms with Gasteiger partial charge in [0.15, 0.2) is 0 Å². The van der Waals surface area contributed by atoms with Gasteiger partial charge in [-0.1, -0.05) is 6.92 Å². The van der Waals surface area contributed by atoms with Gasteiger partial charge >= 0.3 is 0 Å². The predicted molar refractivity (Wildman–Crippen MR) is 57.8 cm³/mol. The van der Waals surface area contributed by atoms with Gasteiger partial charge in [0.1, 0.15) is 0 Å². The Labute approximate surface area is 85.3 Å². The molecular weight excluding hydrogens is 180 g/mol. The molecule has 0 spiro atoms. The Morgan fingerprint density at radius 3 is 2.54 bits per heavy atom. The number of hydrogen-bond acceptors (Lipinski definition) is 3. The van der Waals surface area contributed by atoms with E-state index in [1.165, 1.54) is 11.5 Å². The molecular formula is C10H18N2S. The molecule has 0 bridgehead atoms. The van der Waals surface area contributed by atoms with Crippen LogP contribution >= 0.6 is 11.8 Å². The largest absolute Gasteiger partial charge is 0.298 e. The zero-order chi connectivity index (χ0) is 9.68. The maximum absolute atomic E-state index is 8.95. The van der Waals surface area contributed by atoms with E-state index in [0.717, 1.165) is 19.5 Å². The topological polar surface area (TPSA) is 27.0 Å². The first kappa shape index (κ1) is 10.9. The number of hydrogen-bond donors (Lipinski definition) is 0. The van der Waals surface area contributed by atoms with E-state index in [1.54, 1.807) is 0 Å². The highest BCUT2D eigenvalue weighted by molar-refractivity contribution is 7.99. The summed E-state index contributed by atoms with van der Waals surface area (Å²) >= 11 is 2.02. The molecule has 3 heteroatoms. The second-order valence-electron chi connectivity index (χ2n) is 3.53. The van der Waals surface area contributed by atoms with Crippen LogP contribution in [0.25, 0.3) is 0 Å². The van der Waals surface area contributed by atoms with Gasteiger partial charge in [-0.3, -0.25) is 4.90 Å². The molecule has 1 aliphatic rings. The molecule has 1 saturated heterocycles. The summed E-state index contributed by atoms with van der Waals surface area (Å²) in [5.41, 5.74) is 0. The van der Waals surface area contributed by atoms with Gasteiger partial charge in [0.2, 0.25) is 0 Å². The van der Waals surface area contributed by atoms with Crippen LogP contribution in [0.2, 0.25) is 0 Å². The molecule has 0 radical (unpaired) electrons. The van der Waals surface area contributed by atoms with E-state index in [4.69, 9.17) is 5.26 Å². The third kappa shape index (κ3) is 2.89. The monoisotopic (exact) mass is 198 g/mol. The van der Waals surface area contributed by atoms with Crippen molar-refractivity contribution in [3.05, 3.63) is 0 Å². The Morgan fingerprint density at radius 1 is 1.46 bits per heavy atom. The highest BCUT2D eigenvalue weighted by Crippen LogP contribution is 2.18. The molecule has 0 amide bonds. The first-order valence-corrected chi connectivity index (χ1v) is 6.16. The first-order chi connectivity index (χ1) is 6.29. The summed E-state index contributed by atoms with van der Waals surface area (Å²) in [5, 5.41) is 8.95. The van der Waals surface area contributed by atoms with E-state index in [1.807, 2.05) is 11.8 Å². The lowest BCUT2D eigenvalue weighted by Gasteiger charge is -2.34. The van der Waals surface area contributed by atoms with E-state index in [9.17, 15) is 0 Å². The maximum atomic E-state index is 8.95. The van der Waals surface area contributed by atoms with Crippen LogP contribution in [0.1, 0.15) is 20.3 Å². The molecule has 1 rings (SSSR count). The van der Waals surface area contributed by atoms with Crippen LogP contribution < -0.4 is 0 Å². The summed E-state index contributed by atoms with van der Waals surface area (Å²) in [6.07, 6.45) is 0.974. The van der Waals surface area contributed by atoms with Crippen LogP contribution in [0.5, 0.6) is 0 Å². The summed E-state index contributed by atoms with van der Waals surface area (Å²) in [5.74, 6) is 2.67. The van der Waals surface area contributed by atoms with E-state index >= 15 is 0 Å². The van der Waals surface area contributed by atoms with Gasteiger partial charge in [0.25, 0.3) is 0 Å². The van der Waals surface area contributed by atoms with E-state index in [2.05, 4.69) is 24.8 Å². The Balaban J connectivity index is 2.44. The maximum Gasteiger partial charge on any atom is 0.0672 e. The van der Waals surface area contributed by atoms with Gasteiger partial charge in [-0.05, 0) is 13.3 Å². The zero-order valence-electron chi connectivity index (χ0n) is 8.49.